The highest BCUT2D eigenvalue weighted by Gasteiger charge is 2.15. The van der Waals surface area contributed by atoms with Gasteiger partial charge in [0, 0.05) is 17.5 Å². The maximum Gasteiger partial charge on any atom is 0.263 e. The van der Waals surface area contributed by atoms with Gasteiger partial charge in [0.15, 0.2) is 5.16 Å². The van der Waals surface area contributed by atoms with E-state index in [1.54, 1.807) is 10.6 Å². The molecule has 2 aromatic rings. The number of carbonyl (C=O) groups excluding carboxylic acids is 1. The van der Waals surface area contributed by atoms with E-state index in [0.717, 1.165) is 16.1 Å². The van der Waals surface area contributed by atoms with Crippen molar-refractivity contribution in [3.63, 3.8) is 0 Å². The minimum atomic E-state index is -0.0717. The van der Waals surface area contributed by atoms with Crippen LogP contribution < -0.4 is 10.9 Å². The molecule has 0 aliphatic heterocycles. The summed E-state index contributed by atoms with van der Waals surface area (Å²) in [6.07, 6.45) is 2.54. The second-order valence-electron chi connectivity index (χ2n) is 5.39. The molecule has 0 atom stereocenters. The summed E-state index contributed by atoms with van der Waals surface area (Å²) in [5.74, 6) is 0.171. The molecule has 1 N–H and O–H groups in total. The molecule has 5 nitrogen and oxygen atoms in total. The molecule has 0 aliphatic carbocycles. The zero-order valence-electron chi connectivity index (χ0n) is 13.6. The van der Waals surface area contributed by atoms with Crippen molar-refractivity contribution in [3.05, 3.63) is 34.0 Å². The van der Waals surface area contributed by atoms with Gasteiger partial charge in [-0.25, -0.2) is 4.98 Å². The van der Waals surface area contributed by atoms with Gasteiger partial charge in [0.25, 0.3) is 5.56 Å². The number of amides is 1. The van der Waals surface area contributed by atoms with Gasteiger partial charge in [-0.1, -0.05) is 24.8 Å². The summed E-state index contributed by atoms with van der Waals surface area (Å²) in [6, 6.07) is 2.01. The van der Waals surface area contributed by atoms with E-state index in [2.05, 4.69) is 23.8 Å². The van der Waals surface area contributed by atoms with Gasteiger partial charge in [-0.15, -0.1) is 17.9 Å². The third kappa shape index (κ3) is 4.23. The first-order valence-corrected chi connectivity index (χ1v) is 9.32. The molecule has 2 aromatic heterocycles. The SMILES string of the molecule is C=CCn1c(SCC(=O)NC(C)C)nc2sc(CC)cc2c1=O. The highest BCUT2D eigenvalue weighted by Crippen LogP contribution is 2.25. The van der Waals surface area contributed by atoms with Crippen LogP contribution in [0.25, 0.3) is 10.2 Å². The van der Waals surface area contributed by atoms with Crippen molar-refractivity contribution in [2.75, 3.05) is 5.75 Å². The fourth-order valence-corrected chi connectivity index (χ4v) is 3.94. The average molecular weight is 351 g/mol. The molecule has 0 aromatic carbocycles. The van der Waals surface area contributed by atoms with E-state index in [1.165, 1.54) is 23.1 Å². The molecule has 124 valence electrons. The van der Waals surface area contributed by atoms with Crippen LogP contribution in [0.1, 0.15) is 25.6 Å². The summed E-state index contributed by atoms with van der Waals surface area (Å²) in [5, 5.41) is 4.04. The second kappa shape index (κ2) is 7.79. The predicted molar refractivity (Wildman–Crippen MR) is 97.5 cm³/mol. The molecule has 0 saturated carbocycles. The monoisotopic (exact) mass is 351 g/mol. The van der Waals surface area contributed by atoms with Gasteiger partial charge < -0.3 is 5.32 Å². The Morgan fingerprint density at radius 1 is 1.57 bits per heavy atom. The maximum atomic E-state index is 12.7. The minimum Gasteiger partial charge on any atom is -0.353 e. The van der Waals surface area contributed by atoms with E-state index in [9.17, 15) is 9.59 Å². The Kier molecular flexibility index (Phi) is 6.01. The summed E-state index contributed by atoms with van der Waals surface area (Å²) in [4.78, 5) is 30.9. The maximum absolute atomic E-state index is 12.7. The highest BCUT2D eigenvalue weighted by atomic mass is 32.2. The Balaban J connectivity index is 2.36. The standard InChI is InChI=1S/C16H21N3O2S2/c1-5-7-19-15(21)12-8-11(6-2)23-14(12)18-16(19)22-9-13(20)17-10(3)4/h5,8,10H,1,6-7,9H2,2-4H3,(H,17,20). The molecular weight excluding hydrogens is 330 g/mol. The van der Waals surface area contributed by atoms with E-state index >= 15 is 0 Å². The Hall–Kier alpha value is -1.60. The van der Waals surface area contributed by atoms with Crippen LogP contribution in [0.2, 0.25) is 0 Å². The number of aromatic nitrogens is 2. The van der Waals surface area contributed by atoms with Crippen LogP contribution in [0.5, 0.6) is 0 Å². The third-order valence-corrected chi connectivity index (χ3v) is 5.26. The molecule has 2 heterocycles. The molecule has 23 heavy (non-hydrogen) atoms. The molecule has 0 spiro atoms. The number of rotatable bonds is 7. The van der Waals surface area contributed by atoms with Crippen molar-refractivity contribution < 1.29 is 4.79 Å². The number of allylic oxidation sites excluding steroid dienone is 1. The quantitative estimate of drug-likeness (QED) is 0.473. The van der Waals surface area contributed by atoms with Gasteiger partial charge in [-0.3, -0.25) is 14.2 Å². The van der Waals surface area contributed by atoms with E-state index in [4.69, 9.17) is 0 Å². The molecule has 0 bridgehead atoms. The number of fused-ring (bicyclic) bond motifs is 1. The normalized spacial score (nSPS) is 11.1. The number of thiophene rings is 1. The van der Waals surface area contributed by atoms with Crippen LogP contribution in [0.3, 0.4) is 0 Å². The van der Waals surface area contributed by atoms with Crippen LogP contribution in [0.15, 0.2) is 28.7 Å². The molecule has 0 saturated heterocycles. The molecule has 0 aliphatic rings. The summed E-state index contributed by atoms with van der Waals surface area (Å²) < 4.78 is 1.58. The molecule has 0 fully saturated rings. The lowest BCUT2D eigenvalue weighted by molar-refractivity contribution is -0.119. The summed E-state index contributed by atoms with van der Waals surface area (Å²) in [5.41, 5.74) is -0.0717. The Labute approximate surface area is 143 Å². The number of aryl methyl sites for hydroxylation is 1. The van der Waals surface area contributed by atoms with Gasteiger partial charge >= 0.3 is 0 Å². The average Bonchev–Trinajstić information content (AvgIpc) is 2.91. The predicted octanol–water partition coefficient (Wildman–Crippen LogP) is 2.82. The lowest BCUT2D eigenvalue weighted by Gasteiger charge is -2.11. The number of thioether (sulfide) groups is 1. The Morgan fingerprint density at radius 3 is 2.91 bits per heavy atom. The lowest BCUT2D eigenvalue weighted by Crippen LogP contribution is -2.32. The fraction of sp³-hybridized carbons (Fsp3) is 0.438. The summed E-state index contributed by atoms with van der Waals surface area (Å²) in [7, 11) is 0. The number of nitrogens with zero attached hydrogens (tertiary/aromatic N) is 2. The molecule has 7 heteroatoms. The van der Waals surface area contributed by atoms with E-state index < -0.39 is 0 Å². The number of hydrogen-bond acceptors (Lipinski definition) is 5. The first kappa shape index (κ1) is 17.7. The fourth-order valence-electron chi connectivity index (χ4n) is 2.12. The van der Waals surface area contributed by atoms with Crippen molar-refractivity contribution in [2.24, 2.45) is 0 Å². The first-order valence-electron chi connectivity index (χ1n) is 7.52. The Morgan fingerprint density at radius 2 is 2.30 bits per heavy atom. The smallest absolute Gasteiger partial charge is 0.263 e. The van der Waals surface area contributed by atoms with Crippen LogP contribution in [0, 0.1) is 0 Å². The van der Waals surface area contributed by atoms with Gasteiger partial charge in [0.1, 0.15) is 4.83 Å². The number of carbonyl (C=O) groups is 1. The van der Waals surface area contributed by atoms with Crippen molar-refractivity contribution in [3.8, 4) is 0 Å². The zero-order chi connectivity index (χ0) is 17.0. The van der Waals surface area contributed by atoms with Crippen LogP contribution in [0.4, 0.5) is 0 Å². The van der Waals surface area contributed by atoms with Gasteiger partial charge in [-0.05, 0) is 26.3 Å². The second-order valence-corrected chi connectivity index (χ2v) is 7.45. The molecule has 0 unspecified atom stereocenters. The Bertz CT molecular complexity index is 777. The van der Waals surface area contributed by atoms with E-state index in [1.807, 2.05) is 19.9 Å². The molecule has 1 amide bonds. The minimum absolute atomic E-state index is 0.0649. The van der Waals surface area contributed by atoms with Crippen LogP contribution in [-0.2, 0) is 17.8 Å². The number of hydrogen-bond donors (Lipinski definition) is 1. The summed E-state index contributed by atoms with van der Waals surface area (Å²) in [6.45, 7) is 9.97. The highest BCUT2D eigenvalue weighted by molar-refractivity contribution is 7.99. The summed E-state index contributed by atoms with van der Waals surface area (Å²) >= 11 is 2.81. The number of nitrogens with one attached hydrogen (secondary N) is 1. The van der Waals surface area contributed by atoms with Crippen molar-refractivity contribution in [1.29, 1.82) is 0 Å². The molecular formula is C16H21N3O2S2. The van der Waals surface area contributed by atoms with Gasteiger partial charge in [-0.2, -0.15) is 0 Å². The van der Waals surface area contributed by atoms with E-state index in [-0.39, 0.29) is 23.3 Å². The van der Waals surface area contributed by atoms with Gasteiger partial charge in [0.2, 0.25) is 5.91 Å². The zero-order valence-corrected chi connectivity index (χ0v) is 15.2. The van der Waals surface area contributed by atoms with Crippen LogP contribution in [-0.4, -0.2) is 27.3 Å². The van der Waals surface area contributed by atoms with Crippen LogP contribution >= 0.6 is 23.1 Å². The first-order chi connectivity index (χ1) is 11.0. The van der Waals surface area contributed by atoms with E-state index in [0.29, 0.717) is 17.1 Å². The largest absolute Gasteiger partial charge is 0.353 e. The topological polar surface area (TPSA) is 64.0 Å². The molecule has 0 radical (unpaired) electrons. The third-order valence-electron chi connectivity index (χ3n) is 3.11. The van der Waals surface area contributed by atoms with Crippen molar-refractivity contribution in [1.82, 2.24) is 14.9 Å². The lowest BCUT2D eigenvalue weighted by atomic mass is 10.3. The molecule has 2 rings (SSSR count). The van der Waals surface area contributed by atoms with Crippen molar-refractivity contribution >= 4 is 39.2 Å². The van der Waals surface area contributed by atoms with Crippen molar-refractivity contribution in [2.45, 2.75) is 44.9 Å². The van der Waals surface area contributed by atoms with Gasteiger partial charge in [0.05, 0.1) is 11.1 Å².